The third-order valence-corrected chi connectivity index (χ3v) is 18.3. The first-order chi connectivity index (χ1) is 48.0. The Balaban J connectivity index is 3.96. The summed E-state index contributed by atoms with van der Waals surface area (Å²) in [5.41, 5.74) is 0. The van der Waals surface area contributed by atoms with Crippen molar-refractivity contribution in [2.24, 2.45) is 0 Å². The Morgan fingerprint density at radius 2 is 0.551 bits per heavy atom. The first-order valence-electron chi connectivity index (χ1n) is 40.5. The van der Waals surface area contributed by atoms with Crippen LogP contribution in [0, 0.1) is 0 Å². The Labute approximate surface area is 605 Å². The maximum absolute atomic E-state index is 12.9. The molecular weight excluding hydrogens is 1230 g/mol. The van der Waals surface area contributed by atoms with Crippen molar-refractivity contribution in [3.05, 3.63) is 146 Å². The summed E-state index contributed by atoms with van der Waals surface area (Å²) < 4.78 is 34.4. The summed E-state index contributed by atoms with van der Waals surface area (Å²) >= 11 is 0. The summed E-state index contributed by atoms with van der Waals surface area (Å²) in [5.74, 6) is -0.824. The van der Waals surface area contributed by atoms with Gasteiger partial charge in [-0.05, 0) is 116 Å². The van der Waals surface area contributed by atoms with Gasteiger partial charge in [0, 0.05) is 12.8 Å². The minimum Gasteiger partial charge on any atom is -0.756 e. The lowest BCUT2D eigenvalue weighted by molar-refractivity contribution is -0.870. The Morgan fingerprint density at radius 3 is 0.816 bits per heavy atom. The molecule has 0 fully saturated rings. The van der Waals surface area contributed by atoms with Gasteiger partial charge in [-0.2, -0.15) is 0 Å². The minimum atomic E-state index is -4.65. The van der Waals surface area contributed by atoms with E-state index in [-0.39, 0.29) is 32.0 Å². The highest BCUT2D eigenvalue weighted by Gasteiger charge is 2.22. The van der Waals surface area contributed by atoms with E-state index in [0.29, 0.717) is 17.4 Å². The van der Waals surface area contributed by atoms with E-state index in [1.165, 1.54) is 199 Å². The molecule has 2 unspecified atom stereocenters. The van der Waals surface area contributed by atoms with Gasteiger partial charge in [0.2, 0.25) is 0 Å². The van der Waals surface area contributed by atoms with Gasteiger partial charge in [0.1, 0.15) is 19.8 Å². The highest BCUT2D eigenvalue weighted by Crippen LogP contribution is 2.38. The molecule has 10 heteroatoms. The van der Waals surface area contributed by atoms with E-state index < -0.39 is 26.5 Å². The second kappa shape index (κ2) is 77.1. The summed E-state index contributed by atoms with van der Waals surface area (Å²) in [5, 5.41) is 0. The molecule has 0 rings (SSSR count). The molecule has 562 valence electrons. The summed E-state index contributed by atoms with van der Waals surface area (Å²) in [4.78, 5) is 38.2. The van der Waals surface area contributed by atoms with Gasteiger partial charge in [0.25, 0.3) is 7.82 Å². The minimum absolute atomic E-state index is 0.0339. The number of esters is 2. The van der Waals surface area contributed by atoms with E-state index in [1.54, 1.807) is 0 Å². The highest BCUT2D eigenvalue weighted by atomic mass is 31.2. The lowest BCUT2D eigenvalue weighted by Crippen LogP contribution is -2.37. The van der Waals surface area contributed by atoms with Gasteiger partial charge in [-0.1, -0.05) is 365 Å². The maximum atomic E-state index is 12.9. The number of hydrogen-bond donors (Lipinski definition) is 0. The van der Waals surface area contributed by atoms with Gasteiger partial charge < -0.3 is 27.9 Å². The highest BCUT2D eigenvalue weighted by molar-refractivity contribution is 7.45. The number of likely N-dealkylation sites (N-methyl/N-ethyl adjacent to an activating group) is 1. The molecule has 0 aromatic rings. The molecule has 2 atom stereocenters. The van der Waals surface area contributed by atoms with E-state index in [0.717, 1.165) is 116 Å². The molecule has 0 aliphatic heterocycles. The van der Waals surface area contributed by atoms with Crippen LogP contribution in [0.25, 0.3) is 0 Å². The molecular formula is C88H152NO8P. The van der Waals surface area contributed by atoms with Gasteiger partial charge in [-0.25, -0.2) is 0 Å². The number of carbonyl (C=O) groups is 2. The third kappa shape index (κ3) is 80.9. The average Bonchev–Trinajstić information content (AvgIpc) is 1.08. The van der Waals surface area contributed by atoms with E-state index in [2.05, 4.69) is 160 Å². The Bertz CT molecular complexity index is 2170. The van der Waals surface area contributed by atoms with Crippen molar-refractivity contribution in [3.8, 4) is 0 Å². The van der Waals surface area contributed by atoms with Crippen LogP contribution in [0.3, 0.4) is 0 Å². The van der Waals surface area contributed by atoms with E-state index >= 15 is 0 Å². The molecule has 98 heavy (non-hydrogen) atoms. The molecule has 0 bridgehead atoms. The van der Waals surface area contributed by atoms with Crippen molar-refractivity contribution in [2.45, 2.75) is 354 Å². The summed E-state index contributed by atoms with van der Waals surface area (Å²) in [6.45, 7) is 4.04. The van der Waals surface area contributed by atoms with Gasteiger partial charge in [0.05, 0.1) is 27.7 Å². The van der Waals surface area contributed by atoms with Crippen LogP contribution in [-0.2, 0) is 32.7 Å². The van der Waals surface area contributed by atoms with Gasteiger partial charge in [0.15, 0.2) is 6.10 Å². The average molecular weight is 1380 g/mol. The molecule has 0 aliphatic rings. The first kappa shape index (κ1) is 93.9. The van der Waals surface area contributed by atoms with Gasteiger partial charge in [-0.15, -0.1) is 0 Å². The normalized spacial score (nSPS) is 13.8. The van der Waals surface area contributed by atoms with Crippen molar-refractivity contribution in [1.29, 1.82) is 0 Å². The number of unbranched alkanes of at least 4 members (excludes halogenated alkanes) is 36. The number of carbonyl (C=O) groups excluding carboxylic acids is 2. The van der Waals surface area contributed by atoms with Crippen LogP contribution in [0.2, 0.25) is 0 Å². The standard InChI is InChI=1S/C88H152NO8P/c1-6-8-10-12-14-16-18-20-22-24-26-28-30-32-34-36-38-40-42-44-46-48-50-52-54-56-58-60-62-64-66-68-70-72-74-76-78-80-87(90)94-84-86(85-96-98(92,93)95-83-82-89(3,4)5)97-88(91)81-79-77-75-73-71-69-67-65-63-61-59-57-55-53-51-49-47-45-43-41-39-37-35-33-31-29-27-25-23-21-19-17-15-13-11-9-7-2/h8-11,14-17,20-23,26-29,32-35,39,41,45,47,86H,6-7,12-13,18-19,24-25,30-31,36-38,40,42-44,46,48-85H2,1-5H3/b10-8-,11-9-,16-14-,17-15-,22-20-,23-21-,28-26-,29-27-,34-32-,35-33-,41-39-,47-45-. The quantitative estimate of drug-likeness (QED) is 0.0195. The zero-order valence-electron chi connectivity index (χ0n) is 64.2. The lowest BCUT2D eigenvalue weighted by atomic mass is 10.0. The number of quaternary nitrogens is 1. The maximum Gasteiger partial charge on any atom is 0.306 e. The fraction of sp³-hybridized carbons (Fsp3) is 0.705. The van der Waals surface area contributed by atoms with Crippen LogP contribution >= 0.6 is 7.82 Å². The third-order valence-electron chi connectivity index (χ3n) is 17.4. The van der Waals surface area contributed by atoms with Crippen molar-refractivity contribution in [1.82, 2.24) is 0 Å². The largest absolute Gasteiger partial charge is 0.756 e. The molecule has 0 N–H and O–H groups in total. The van der Waals surface area contributed by atoms with Crippen LogP contribution in [0.15, 0.2) is 146 Å². The molecule has 0 aliphatic carbocycles. The predicted molar refractivity (Wildman–Crippen MR) is 424 cm³/mol. The fourth-order valence-electron chi connectivity index (χ4n) is 11.3. The SMILES string of the molecule is CC/C=C\C/C=C\C/C=C\C/C=C\C/C=C\C/C=C\C/C=C\CCCCCCCCCCCCCCCCCC(=O)OC(COC(=O)CCCCCCCCCCCCCCCCCCCCCCC/C=C\C/C=C\C/C=C\C/C=C\C/C=C\CC)COP(=O)([O-])OCC[N+](C)(C)C. The number of hydrogen-bond acceptors (Lipinski definition) is 8. The molecule has 0 radical (unpaired) electrons. The Kier molecular flexibility index (Phi) is 73.8. The Hall–Kier alpha value is -4.11. The molecule has 0 aromatic heterocycles. The molecule has 0 heterocycles. The van der Waals surface area contributed by atoms with Crippen LogP contribution in [0.1, 0.15) is 348 Å². The topological polar surface area (TPSA) is 111 Å². The first-order valence-corrected chi connectivity index (χ1v) is 42.0. The van der Waals surface area contributed by atoms with Gasteiger partial charge in [-0.3, -0.25) is 14.2 Å². The molecule has 0 spiro atoms. The summed E-state index contributed by atoms with van der Waals surface area (Å²) in [7, 11) is 1.17. The molecule has 0 saturated carbocycles. The monoisotopic (exact) mass is 1380 g/mol. The van der Waals surface area contributed by atoms with Crippen LogP contribution in [0.5, 0.6) is 0 Å². The number of nitrogens with zero attached hydrogens (tertiary/aromatic N) is 1. The van der Waals surface area contributed by atoms with Crippen molar-refractivity contribution < 1.29 is 42.1 Å². The van der Waals surface area contributed by atoms with E-state index in [1.807, 2.05) is 21.1 Å². The molecule has 0 amide bonds. The van der Waals surface area contributed by atoms with E-state index in [9.17, 15) is 19.0 Å². The zero-order chi connectivity index (χ0) is 71.1. The number of phosphoric acid groups is 1. The predicted octanol–water partition coefficient (Wildman–Crippen LogP) is 26.6. The number of rotatable bonds is 74. The number of phosphoric ester groups is 1. The number of allylic oxidation sites excluding steroid dienone is 24. The summed E-state index contributed by atoms with van der Waals surface area (Å²) in [6, 6.07) is 0. The van der Waals surface area contributed by atoms with Crippen molar-refractivity contribution in [3.63, 3.8) is 0 Å². The second-order valence-corrected chi connectivity index (χ2v) is 29.4. The Morgan fingerprint density at radius 1 is 0.316 bits per heavy atom. The van der Waals surface area contributed by atoms with Crippen LogP contribution < -0.4 is 4.89 Å². The number of ether oxygens (including phenoxy) is 2. The zero-order valence-corrected chi connectivity index (χ0v) is 65.1. The van der Waals surface area contributed by atoms with Crippen LogP contribution in [-0.4, -0.2) is 70.0 Å². The van der Waals surface area contributed by atoms with Crippen molar-refractivity contribution in [2.75, 3.05) is 47.5 Å². The molecule has 0 saturated heterocycles. The smallest absolute Gasteiger partial charge is 0.306 e. The van der Waals surface area contributed by atoms with Crippen LogP contribution in [0.4, 0.5) is 0 Å². The summed E-state index contributed by atoms with van der Waals surface area (Å²) in [6.07, 6.45) is 114. The molecule has 9 nitrogen and oxygen atoms in total. The van der Waals surface area contributed by atoms with E-state index in [4.69, 9.17) is 18.5 Å². The fourth-order valence-corrected chi connectivity index (χ4v) is 12.0. The second-order valence-electron chi connectivity index (χ2n) is 28.0. The van der Waals surface area contributed by atoms with Gasteiger partial charge >= 0.3 is 11.9 Å². The lowest BCUT2D eigenvalue weighted by Gasteiger charge is -2.28. The van der Waals surface area contributed by atoms with Crippen molar-refractivity contribution >= 4 is 19.8 Å². The molecule has 0 aromatic carbocycles.